The lowest BCUT2D eigenvalue weighted by Crippen LogP contribution is -2.39. The van der Waals surface area contributed by atoms with Crippen LogP contribution in [-0.4, -0.2) is 36.3 Å². The van der Waals surface area contributed by atoms with E-state index in [1.54, 1.807) is 24.3 Å². The molecule has 1 aromatic carbocycles. The van der Waals surface area contributed by atoms with Gasteiger partial charge in [-0.15, -0.1) is 0 Å². The number of hydrogen-bond acceptors (Lipinski definition) is 4. The SMILES string of the molecule is COc1ccc(C)cc1NC(=O)[C@@H]1[C@@H](C(=O)O)[C@H]2C=C[C@H]1O2. The fraction of sp³-hybridized carbons (Fsp3) is 0.375. The number of carbonyl (C=O) groups is 2. The van der Waals surface area contributed by atoms with Crippen LogP contribution in [0.25, 0.3) is 0 Å². The molecule has 0 radical (unpaired) electrons. The fourth-order valence-electron chi connectivity index (χ4n) is 3.05. The first kappa shape index (κ1) is 14.6. The molecule has 2 heterocycles. The van der Waals surface area contributed by atoms with Gasteiger partial charge in [-0.25, -0.2) is 0 Å². The van der Waals surface area contributed by atoms with Crippen LogP contribution in [0, 0.1) is 18.8 Å². The Balaban J connectivity index is 1.84. The summed E-state index contributed by atoms with van der Waals surface area (Å²) in [5.74, 6) is -2.45. The van der Waals surface area contributed by atoms with Crippen LogP contribution < -0.4 is 10.1 Å². The third-order valence-corrected chi connectivity index (χ3v) is 4.10. The zero-order chi connectivity index (χ0) is 15.9. The smallest absolute Gasteiger partial charge is 0.310 e. The summed E-state index contributed by atoms with van der Waals surface area (Å²) in [4.78, 5) is 24.0. The van der Waals surface area contributed by atoms with E-state index in [-0.39, 0.29) is 5.91 Å². The number of amides is 1. The first-order chi connectivity index (χ1) is 10.5. The molecule has 2 aliphatic heterocycles. The Labute approximate surface area is 127 Å². The number of ether oxygens (including phenoxy) is 2. The lowest BCUT2D eigenvalue weighted by Gasteiger charge is -2.21. The van der Waals surface area contributed by atoms with Crippen molar-refractivity contribution >= 4 is 17.6 Å². The Morgan fingerprint density at radius 2 is 1.91 bits per heavy atom. The van der Waals surface area contributed by atoms with Crippen LogP contribution in [0.15, 0.2) is 30.4 Å². The Kier molecular flexibility index (Phi) is 3.62. The monoisotopic (exact) mass is 303 g/mol. The molecule has 1 fully saturated rings. The number of benzene rings is 1. The predicted octanol–water partition coefficient (Wildman–Crippen LogP) is 1.60. The fourth-order valence-corrected chi connectivity index (χ4v) is 3.05. The summed E-state index contributed by atoms with van der Waals surface area (Å²) in [6, 6.07) is 5.42. The number of aryl methyl sites for hydroxylation is 1. The Morgan fingerprint density at radius 1 is 1.23 bits per heavy atom. The topological polar surface area (TPSA) is 84.9 Å². The van der Waals surface area contributed by atoms with Gasteiger partial charge in [0.25, 0.3) is 0 Å². The molecule has 116 valence electrons. The van der Waals surface area contributed by atoms with Crippen molar-refractivity contribution in [3.8, 4) is 5.75 Å². The average molecular weight is 303 g/mol. The minimum Gasteiger partial charge on any atom is -0.495 e. The van der Waals surface area contributed by atoms with Crippen LogP contribution in [0.4, 0.5) is 5.69 Å². The molecule has 1 saturated heterocycles. The zero-order valence-corrected chi connectivity index (χ0v) is 12.3. The number of anilines is 1. The number of rotatable bonds is 4. The number of hydrogen-bond donors (Lipinski definition) is 2. The van der Waals surface area contributed by atoms with Gasteiger partial charge in [-0.3, -0.25) is 9.59 Å². The molecule has 3 rings (SSSR count). The Morgan fingerprint density at radius 3 is 2.55 bits per heavy atom. The third-order valence-electron chi connectivity index (χ3n) is 4.10. The summed E-state index contributed by atoms with van der Waals surface area (Å²) in [5, 5.41) is 12.1. The summed E-state index contributed by atoms with van der Waals surface area (Å²) in [6.07, 6.45) is 2.45. The average Bonchev–Trinajstić information content (AvgIpc) is 3.08. The third kappa shape index (κ3) is 2.35. The van der Waals surface area contributed by atoms with Gasteiger partial charge in [0, 0.05) is 0 Å². The highest BCUT2D eigenvalue weighted by Gasteiger charge is 2.53. The lowest BCUT2D eigenvalue weighted by molar-refractivity contribution is -0.145. The Hall–Kier alpha value is -2.34. The van der Waals surface area contributed by atoms with Crippen molar-refractivity contribution in [1.29, 1.82) is 0 Å². The number of aliphatic carboxylic acids is 1. The number of carboxylic acid groups (broad SMARTS) is 1. The molecule has 4 atom stereocenters. The van der Waals surface area contributed by atoms with Crippen LogP contribution in [0.2, 0.25) is 0 Å². The van der Waals surface area contributed by atoms with E-state index < -0.39 is 30.0 Å². The van der Waals surface area contributed by atoms with Crippen molar-refractivity contribution in [2.24, 2.45) is 11.8 Å². The van der Waals surface area contributed by atoms with Crippen LogP contribution in [0.5, 0.6) is 5.75 Å². The van der Waals surface area contributed by atoms with Gasteiger partial charge < -0.3 is 19.9 Å². The van der Waals surface area contributed by atoms with Crippen molar-refractivity contribution in [1.82, 2.24) is 0 Å². The molecule has 6 heteroatoms. The minimum atomic E-state index is -1.02. The van der Waals surface area contributed by atoms with Gasteiger partial charge in [0.15, 0.2) is 0 Å². The summed E-state index contributed by atoms with van der Waals surface area (Å²) < 4.78 is 10.7. The summed E-state index contributed by atoms with van der Waals surface area (Å²) in [6.45, 7) is 1.90. The van der Waals surface area contributed by atoms with Crippen LogP contribution in [0.3, 0.4) is 0 Å². The van der Waals surface area contributed by atoms with Crippen molar-refractivity contribution in [2.75, 3.05) is 12.4 Å². The molecule has 22 heavy (non-hydrogen) atoms. The molecule has 0 unspecified atom stereocenters. The molecule has 2 N–H and O–H groups in total. The van der Waals surface area contributed by atoms with Crippen LogP contribution in [0.1, 0.15) is 5.56 Å². The molecular formula is C16H17NO5. The molecule has 0 spiro atoms. The summed E-state index contributed by atoms with van der Waals surface area (Å²) in [5.41, 5.74) is 1.50. The molecule has 0 aliphatic carbocycles. The second-order valence-electron chi connectivity index (χ2n) is 5.53. The Bertz CT molecular complexity index is 654. The van der Waals surface area contributed by atoms with Crippen LogP contribution >= 0.6 is 0 Å². The van der Waals surface area contributed by atoms with E-state index in [1.165, 1.54) is 7.11 Å². The summed E-state index contributed by atoms with van der Waals surface area (Å²) in [7, 11) is 1.52. The second kappa shape index (κ2) is 5.46. The zero-order valence-electron chi connectivity index (χ0n) is 12.3. The van der Waals surface area contributed by atoms with Gasteiger partial charge in [0.1, 0.15) is 11.7 Å². The normalized spacial score (nSPS) is 28.6. The molecule has 0 aromatic heterocycles. The number of nitrogens with one attached hydrogen (secondary N) is 1. The maximum absolute atomic E-state index is 12.6. The molecular weight excluding hydrogens is 286 g/mol. The van der Waals surface area contributed by atoms with E-state index in [4.69, 9.17) is 9.47 Å². The van der Waals surface area contributed by atoms with Crippen molar-refractivity contribution < 1.29 is 24.2 Å². The first-order valence-corrected chi connectivity index (χ1v) is 7.03. The molecule has 1 amide bonds. The number of carbonyl (C=O) groups excluding carboxylic acids is 1. The molecule has 6 nitrogen and oxygen atoms in total. The van der Waals surface area contributed by atoms with Gasteiger partial charge in [-0.2, -0.15) is 0 Å². The van der Waals surface area contributed by atoms with E-state index in [1.807, 2.05) is 13.0 Å². The quantitative estimate of drug-likeness (QED) is 0.825. The van der Waals surface area contributed by atoms with Crippen molar-refractivity contribution in [3.05, 3.63) is 35.9 Å². The maximum atomic E-state index is 12.6. The van der Waals surface area contributed by atoms with Crippen molar-refractivity contribution in [3.63, 3.8) is 0 Å². The second-order valence-corrected chi connectivity index (χ2v) is 5.53. The van der Waals surface area contributed by atoms with E-state index in [0.29, 0.717) is 11.4 Å². The lowest BCUT2D eigenvalue weighted by atomic mass is 9.82. The number of carboxylic acids is 1. The largest absolute Gasteiger partial charge is 0.495 e. The molecule has 2 aliphatic rings. The van der Waals surface area contributed by atoms with E-state index in [9.17, 15) is 14.7 Å². The molecule has 0 saturated carbocycles. The van der Waals surface area contributed by atoms with Gasteiger partial charge in [-0.05, 0) is 24.6 Å². The van der Waals surface area contributed by atoms with Crippen molar-refractivity contribution in [2.45, 2.75) is 19.1 Å². The highest BCUT2D eigenvalue weighted by Crippen LogP contribution is 2.40. The first-order valence-electron chi connectivity index (χ1n) is 7.03. The van der Waals surface area contributed by atoms with Gasteiger partial charge in [-0.1, -0.05) is 18.2 Å². The van der Waals surface area contributed by atoms with Crippen LogP contribution in [-0.2, 0) is 14.3 Å². The van der Waals surface area contributed by atoms with E-state index in [0.717, 1.165) is 5.56 Å². The highest BCUT2D eigenvalue weighted by atomic mass is 16.5. The standard InChI is InChI=1S/C16H17NO5/c1-8-3-4-10(21-2)9(7-8)17-15(18)13-11-5-6-12(22-11)14(13)16(19)20/h3-7,11-14H,1-2H3,(H,17,18)(H,19,20)/t11-,12-,13+,14+/m1/s1. The van der Waals surface area contributed by atoms with Gasteiger partial charge in [0.05, 0.1) is 30.9 Å². The summed E-state index contributed by atoms with van der Waals surface area (Å²) >= 11 is 0. The van der Waals surface area contributed by atoms with E-state index >= 15 is 0 Å². The van der Waals surface area contributed by atoms with E-state index in [2.05, 4.69) is 5.32 Å². The predicted molar refractivity (Wildman–Crippen MR) is 78.8 cm³/mol. The number of fused-ring (bicyclic) bond motifs is 2. The van der Waals surface area contributed by atoms with Gasteiger partial charge in [0.2, 0.25) is 5.91 Å². The molecule has 2 bridgehead atoms. The number of methoxy groups -OCH3 is 1. The highest BCUT2D eigenvalue weighted by molar-refractivity contribution is 5.97. The molecule has 1 aromatic rings. The maximum Gasteiger partial charge on any atom is 0.310 e. The van der Waals surface area contributed by atoms with Gasteiger partial charge >= 0.3 is 5.97 Å². The minimum absolute atomic E-state index is 0.367.